The quantitative estimate of drug-likeness (QED) is 0.882. The first-order valence-electron chi connectivity index (χ1n) is 10.2. The minimum atomic E-state index is -0.403. The molecule has 0 amide bonds. The molecular weight excluding hydrogens is 342 g/mol. The first-order chi connectivity index (χ1) is 13.0. The van der Waals surface area contributed by atoms with Crippen LogP contribution in [0.4, 0.5) is 0 Å². The van der Waals surface area contributed by atoms with Crippen LogP contribution in [-0.2, 0) is 21.4 Å². The number of carbonyl (C=O) groups is 1. The lowest BCUT2D eigenvalue weighted by Crippen LogP contribution is -2.74. The number of aromatic hydroxyl groups is 1. The summed E-state index contributed by atoms with van der Waals surface area (Å²) in [4.78, 5) is 15.3. The van der Waals surface area contributed by atoms with Crippen LogP contribution >= 0.6 is 0 Å². The van der Waals surface area contributed by atoms with E-state index in [1.54, 1.807) is 13.2 Å². The first-order valence-corrected chi connectivity index (χ1v) is 10.2. The van der Waals surface area contributed by atoms with Gasteiger partial charge in [-0.25, -0.2) is 0 Å². The molecule has 0 aromatic heterocycles. The molecule has 1 aromatic carbocycles. The monoisotopic (exact) mass is 371 g/mol. The third-order valence-corrected chi connectivity index (χ3v) is 7.76. The van der Waals surface area contributed by atoms with E-state index in [0.717, 1.165) is 43.8 Å². The number of hydrogen-bond donors (Lipinski definition) is 1. The normalized spacial score (nSPS) is 35.5. The summed E-state index contributed by atoms with van der Waals surface area (Å²) in [6.45, 7) is 2.13. The number of fused-ring (bicyclic) bond motifs is 1. The summed E-state index contributed by atoms with van der Waals surface area (Å²) in [5.74, 6) is 1.83. The second kappa shape index (κ2) is 5.95. The van der Waals surface area contributed by atoms with Gasteiger partial charge in [0.15, 0.2) is 11.5 Å². The molecule has 1 saturated heterocycles. The average Bonchev–Trinajstić information content (AvgIpc) is 3.48. The molecule has 27 heavy (non-hydrogen) atoms. The van der Waals surface area contributed by atoms with Crippen molar-refractivity contribution in [1.82, 2.24) is 4.90 Å². The van der Waals surface area contributed by atoms with Gasteiger partial charge in [-0.3, -0.25) is 9.69 Å². The van der Waals surface area contributed by atoms with Crippen LogP contribution in [0.2, 0.25) is 0 Å². The lowest BCUT2D eigenvalue weighted by atomic mass is 9.49. The Bertz CT molecular complexity index is 789. The van der Waals surface area contributed by atoms with Crippen LogP contribution in [0.1, 0.15) is 49.7 Å². The van der Waals surface area contributed by atoms with Crippen LogP contribution in [0.15, 0.2) is 12.1 Å². The number of likely N-dealkylation sites (tertiary alicyclic amines) is 1. The SMILES string of the molecule is COc1c(O)ccc2c1C13CCN(CC4CC4)C(C2)[C@]1(OC)CCC(=O)C3. The van der Waals surface area contributed by atoms with Crippen LogP contribution < -0.4 is 4.74 Å². The van der Waals surface area contributed by atoms with Crippen molar-refractivity contribution >= 4 is 5.78 Å². The second-order valence-corrected chi connectivity index (χ2v) is 8.95. The van der Waals surface area contributed by atoms with Crippen molar-refractivity contribution in [3.05, 3.63) is 23.3 Å². The molecule has 2 saturated carbocycles. The van der Waals surface area contributed by atoms with Gasteiger partial charge in [-0.05, 0) is 56.2 Å². The van der Waals surface area contributed by atoms with Crippen molar-refractivity contribution in [3.63, 3.8) is 0 Å². The van der Waals surface area contributed by atoms with Gasteiger partial charge >= 0.3 is 0 Å². The molecule has 0 radical (unpaired) electrons. The maximum Gasteiger partial charge on any atom is 0.164 e. The van der Waals surface area contributed by atoms with E-state index in [-0.39, 0.29) is 17.4 Å². The Balaban J connectivity index is 1.72. The van der Waals surface area contributed by atoms with Gasteiger partial charge in [0.1, 0.15) is 5.78 Å². The highest BCUT2D eigenvalue weighted by Gasteiger charge is 2.67. The maximum atomic E-state index is 12.7. The molecule has 1 N–H and O–H groups in total. The highest BCUT2D eigenvalue weighted by atomic mass is 16.5. The van der Waals surface area contributed by atoms with Crippen LogP contribution in [-0.4, -0.2) is 54.7 Å². The predicted octanol–water partition coefficient (Wildman–Crippen LogP) is 2.82. The fourth-order valence-corrected chi connectivity index (χ4v) is 6.43. The van der Waals surface area contributed by atoms with Gasteiger partial charge in [-0.1, -0.05) is 6.07 Å². The Morgan fingerprint density at radius 3 is 2.78 bits per heavy atom. The molecule has 146 valence electrons. The number of nitrogens with zero attached hydrogens (tertiary/aromatic N) is 1. The number of carbonyl (C=O) groups excluding carboxylic acids is 1. The molecule has 1 aromatic rings. The molecule has 3 aliphatic carbocycles. The second-order valence-electron chi connectivity index (χ2n) is 8.95. The fraction of sp³-hybridized carbons (Fsp3) is 0.682. The van der Waals surface area contributed by atoms with Crippen LogP contribution in [0.25, 0.3) is 0 Å². The molecule has 1 heterocycles. The summed E-state index contributed by atoms with van der Waals surface area (Å²) in [6, 6.07) is 4.05. The Kier molecular flexibility index (Phi) is 3.86. The number of phenolic OH excluding ortho intramolecular Hbond substituents is 1. The van der Waals surface area contributed by atoms with E-state index >= 15 is 0 Å². The van der Waals surface area contributed by atoms with Crippen molar-refractivity contribution in [3.8, 4) is 11.5 Å². The summed E-state index contributed by atoms with van der Waals surface area (Å²) in [5.41, 5.74) is 1.45. The van der Waals surface area contributed by atoms with Gasteiger partial charge in [0, 0.05) is 43.5 Å². The third-order valence-electron chi connectivity index (χ3n) is 7.76. The average molecular weight is 371 g/mol. The lowest BCUT2D eigenvalue weighted by Gasteiger charge is -2.65. The summed E-state index contributed by atoms with van der Waals surface area (Å²) < 4.78 is 12.1. The predicted molar refractivity (Wildman–Crippen MR) is 101 cm³/mol. The Labute approximate surface area is 160 Å². The molecule has 3 atom stereocenters. The van der Waals surface area contributed by atoms with Gasteiger partial charge in [0.25, 0.3) is 0 Å². The van der Waals surface area contributed by atoms with Crippen LogP contribution in [0, 0.1) is 5.92 Å². The summed E-state index contributed by atoms with van der Waals surface area (Å²) >= 11 is 0. The number of rotatable bonds is 4. The molecule has 1 aliphatic heterocycles. The number of Topliss-reactive ketones (excluding diaryl/α,β-unsaturated/α-hetero) is 1. The zero-order valence-corrected chi connectivity index (χ0v) is 16.3. The Hall–Kier alpha value is -1.59. The van der Waals surface area contributed by atoms with Crippen molar-refractivity contribution in [2.75, 3.05) is 27.3 Å². The Morgan fingerprint density at radius 1 is 1.26 bits per heavy atom. The highest BCUT2D eigenvalue weighted by Crippen LogP contribution is 2.62. The highest BCUT2D eigenvalue weighted by molar-refractivity contribution is 5.83. The third kappa shape index (κ3) is 2.27. The van der Waals surface area contributed by atoms with Crippen LogP contribution in [0.5, 0.6) is 11.5 Å². The number of benzene rings is 1. The number of ether oxygens (including phenoxy) is 2. The first kappa shape index (κ1) is 17.5. The molecule has 2 bridgehead atoms. The van der Waals surface area contributed by atoms with Gasteiger partial charge in [-0.15, -0.1) is 0 Å². The molecular formula is C22H29NO4. The summed E-state index contributed by atoms with van der Waals surface area (Å²) in [5, 5.41) is 10.5. The largest absolute Gasteiger partial charge is 0.504 e. The Morgan fingerprint density at radius 2 is 2.07 bits per heavy atom. The fourth-order valence-electron chi connectivity index (χ4n) is 6.43. The number of phenols is 1. The maximum absolute atomic E-state index is 12.7. The minimum Gasteiger partial charge on any atom is -0.504 e. The van der Waals surface area contributed by atoms with Crippen molar-refractivity contribution in [2.45, 2.75) is 62.0 Å². The molecule has 2 unspecified atom stereocenters. The summed E-state index contributed by atoms with van der Waals surface area (Å²) in [7, 11) is 3.43. The van der Waals surface area contributed by atoms with E-state index in [0.29, 0.717) is 24.4 Å². The molecule has 5 nitrogen and oxygen atoms in total. The molecule has 4 aliphatic rings. The van der Waals surface area contributed by atoms with Gasteiger partial charge in [0.2, 0.25) is 0 Å². The van der Waals surface area contributed by atoms with E-state index in [9.17, 15) is 9.90 Å². The number of hydrogen-bond acceptors (Lipinski definition) is 5. The summed E-state index contributed by atoms with van der Waals surface area (Å²) in [6.07, 6.45) is 6.27. The van der Waals surface area contributed by atoms with E-state index in [1.807, 2.05) is 13.2 Å². The van der Waals surface area contributed by atoms with Gasteiger partial charge < -0.3 is 14.6 Å². The minimum absolute atomic E-state index is 0.160. The molecule has 5 rings (SSSR count). The van der Waals surface area contributed by atoms with E-state index < -0.39 is 5.41 Å². The smallest absolute Gasteiger partial charge is 0.164 e. The lowest BCUT2D eigenvalue weighted by molar-refractivity contribution is -0.188. The van der Waals surface area contributed by atoms with E-state index in [4.69, 9.17) is 9.47 Å². The van der Waals surface area contributed by atoms with Gasteiger partial charge in [-0.2, -0.15) is 0 Å². The van der Waals surface area contributed by atoms with E-state index in [2.05, 4.69) is 4.90 Å². The van der Waals surface area contributed by atoms with Crippen molar-refractivity contribution < 1.29 is 19.4 Å². The number of methoxy groups -OCH3 is 2. The standard InChI is InChI=1S/C22H29NO4/c1-26-20-17(25)6-5-15-11-18-22(27-2)8-7-16(24)12-21(22,19(15)20)9-10-23(18)13-14-3-4-14/h5-6,14,18,25H,3-4,7-13H2,1-2H3/t18?,21?,22-/m1/s1. The molecule has 5 heteroatoms. The number of piperidine rings is 1. The molecule has 3 fully saturated rings. The van der Waals surface area contributed by atoms with Crippen molar-refractivity contribution in [1.29, 1.82) is 0 Å². The zero-order chi connectivity index (χ0) is 18.8. The molecule has 0 spiro atoms. The van der Waals surface area contributed by atoms with Gasteiger partial charge in [0.05, 0.1) is 12.7 Å². The van der Waals surface area contributed by atoms with Crippen molar-refractivity contribution in [2.24, 2.45) is 5.92 Å². The topological polar surface area (TPSA) is 59.0 Å². The zero-order valence-electron chi connectivity index (χ0n) is 16.3. The van der Waals surface area contributed by atoms with Crippen LogP contribution in [0.3, 0.4) is 0 Å². The number of ketones is 1. The van der Waals surface area contributed by atoms with E-state index in [1.165, 1.54) is 18.4 Å².